The summed E-state index contributed by atoms with van der Waals surface area (Å²) in [5, 5.41) is 0. The van der Waals surface area contributed by atoms with Gasteiger partial charge in [-0.1, -0.05) is 28.7 Å². The summed E-state index contributed by atoms with van der Waals surface area (Å²) in [5.41, 5.74) is 0. The lowest BCUT2D eigenvalue weighted by Crippen LogP contribution is -2.33. The second kappa shape index (κ2) is 6.86. The lowest BCUT2D eigenvalue weighted by Gasteiger charge is -2.27. The van der Waals surface area contributed by atoms with Crippen LogP contribution in [0, 0.1) is 0 Å². The van der Waals surface area contributed by atoms with E-state index in [9.17, 15) is 0 Å². The van der Waals surface area contributed by atoms with Crippen LogP contribution in [0.3, 0.4) is 0 Å². The first-order valence-electron chi connectivity index (χ1n) is 3.35. The second-order valence-electron chi connectivity index (χ2n) is 3.07. The second-order valence-corrected chi connectivity index (χ2v) is 7.37. The van der Waals surface area contributed by atoms with Crippen molar-refractivity contribution >= 4 is 8.32 Å². The number of hydrogen-bond acceptors (Lipinski definition) is 1. The molecule has 11 heavy (non-hydrogen) atoms. The van der Waals surface area contributed by atoms with Crippen LogP contribution < -0.4 is 0 Å². The average Bonchev–Trinajstić information content (AvgIpc) is 1.65. The lowest BCUT2D eigenvalue weighted by atomic mass is 10.4. The van der Waals surface area contributed by atoms with Gasteiger partial charge in [0.1, 0.15) is 0 Å². The van der Waals surface area contributed by atoms with Gasteiger partial charge in [0.05, 0.1) is 0 Å². The van der Waals surface area contributed by atoms with E-state index in [2.05, 4.69) is 13.1 Å². The maximum Gasteiger partial charge on any atom is 0.186 e. The first-order chi connectivity index (χ1) is 3.71. The Balaban J connectivity index is -0.000000213. The highest BCUT2D eigenvalue weighted by Crippen LogP contribution is 2.20. The Labute approximate surface area is 74.3 Å². The van der Waals surface area contributed by atoms with Crippen LogP contribution in [0.25, 0.3) is 0 Å². The van der Waals surface area contributed by atoms with Crippen molar-refractivity contribution < 1.29 is 4.43 Å². The summed E-state index contributed by atoms with van der Waals surface area (Å²) in [5.74, 6) is 0. The van der Waals surface area contributed by atoms with Gasteiger partial charge in [-0.25, -0.2) is 0 Å². The molecule has 1 aliphatic rings. The molecule has 0 aromatic heterocycles. The maximum absolute atomic E-state index is 5.60. The molecule has 1 saturated heterocycles. The Bertz CT molecular complexity index is 73.6. The Hall–Kier alpha value is 0.177. The molecule has 0 saturated carbocycles. The molecular formula is C9H26OSi. The molecule has 0 atom stereocenters. The Morgan fingerprint density at radius 2 is 1.55 bits per heavy atom. The first kappa shape index (κ1) is 17.3. The zero-order valence-corrected chi connectivity index (χ0v) is 6.74. The molecule has 1 fully saturated rings. The standard InChI is InChI=1S/C6H14OSi.3CH4/c1-8(2)6-4-3-5-7-8;;;/h3-6H2,1-2H3;3*1H4. The highest BCUT2D eigenvalue weighted by molar-refractivity contribution is 6.71. The van der Waals surface area contributed by atoms with Crippen molar-refractivity contribution in [3.63, 3.8) is 0 Å². The minimum absolute atomic E-state index is 0. The molecular weight excluding hydrogens is 152 g/mol. The summed E-state index contributed by atoms with van der Waals surface area (Å²) < 4.78 is 5.60. The van der Waals surface area contributed by atoms with Gasteiger partial charge in [-0.05, 0) is 25.6 Å². The molecule has 0 N–H and O–H groups in total. The Kier molecular flexibility index (Phi) is 10.8. The van der Waals surface area contributed by atoms with Gasteiger partial charge in [-0.2, -0.15) is 0 Å². The fourth-order valence-corrected chi connectivity index (χ4v) is 3.02. The van der Waals surface area contributed by atoms with E-state index < -0.39 is 8.32 Å². The van der Waals surface area contributed by atoms with Crippen molar-refractivity contribution in [1.82, 2.24) is 0 Å². The van der Waals surface area contributed by atoms with E-state index in [1.807, 2.05) is 0 Å². The van der Waals surface area contributed by atoms with Gasteiger partial charge in [-0.15, -0.1) is 0 Å². The normalized spacial score (nSPS) is 20.2. The predicted molar refractivity (Wildman–Crippen MR) is 57.7 cm³/mol. The Morgan fingerprint density at radius 1 is 1.00 bits per heavy atom. The molecule has 1 rings (SSSR count). The van der Waals surface area contributed by atoms with Gasteiger partial charge in [0.25, 0.3) is 0 Å². The maximum atomic E-state index is 5.60. The van der Waals surface area contributed by atoms with Gasteiger partial charge < -0.3 is 4.43 Å². The van der Waals surface area contributed by atoms with Crippen LogP contribution in [0.4, 0.5) is 0 Å². The van der Waals surface area contributed by atoms with Crippen LogP contribution >= 0.6 is 0 Å². The molecule has 2 heteroatoms. The van der Waals surface area contributed by atoms with Gasteiger partial charge in [-0.3, -0.25) is 0 Å². The summed E-state index contributed by atoms with van der Waals surface area (Å²) in [4.78, 5) is 0. The molecule has 0 radical (unpaired) electrons. The van der Waals surface area contributed by atoms with E-state index in [4.69, 9.17) is 4.43 Å². The van der Waals surface area contributed by atoms with Crippen molar-refractivity contribution in [2.24, 2.45) is 0 Å². The molecule has 72 valence electrons. The van der Waals surface area contributed by atoms with Gasteiger partial charge in [0, 0.05) is 6.61 Å². The van der Waals surface area contributed by atoms with Crippen LogP contribution in [0.15, 0.2) is 0 Å². The third kappa shape index (κ3) is 6.57. The van der Waals surface area contributed by atoms with Crippen LogP contribution in [0.2, 0.25) is 19.1 Å². The van der Waals surface area contributed by atoms with Crippen LogP contribution in [-0.4, -0.2) is 14.9 Å². The summed E-state index contributed by atoms with van der Waals surface area (Å²) in [6.07, 6.45) is 2.69. The molecule has 1 heterocycles. The molecule has 1 aliphatic heterocycles. The fourth-order valence-electron chi connectivity index (χ4n) is 1.07. The van der Waals surface area contributed by atoms with Crippen LogP contribution in [0.5, 0.6) is 0 Å². The highest BCUT2D eigenvalue weighted by Gasteiger charge is 2.24. The van der Waals surface area contributed by atoms with E-state index in [1.165, 1.54) is 18.9 Å². The van der Waals surface area contributed by atoms with Crippen molar-refractivity contribution in [2.75, 3.05) is 6.61 Å². The lowest BCUT2D eigenvalue weighted by molar-refractivity contribution is 0.275. The van der Waals surface area contributed by atoms with Crippen LogP contribution in [-0.2, 0) is 4.43 Å². The molecule has 0 amide bonds. The first-order valence-corrected chi connectivity index (χ1v) is 6.46. The molecule has 0 unspecified atom stereocenters. The molecule has 1 nitrogen and oxygen atoms in total. The predicted octanol–water partition coefficient (Wildman–Crippen LogP) is 3.91. The van der Waals surface area contributed by atoms with Crippen molar-refractivity contribution in [3.05, 3.63) is 0 Å². The van der Waals surface area contributed by atoms with Crippen molar-refractivity contribution in [3.8, 4) is 0 Å². The minimum Gasteiger partial charge on any atom is -0.417 e. The topological polar surface area (TPSA) is 9.23 Å². The zero-order valence-electron chi connectivity index (χ0n) is 5.74. The molecule has 0 aromatic rings. The zero-order chi connectivity index (χ0) is 6.04. The monoisotopic (exact) mass is 178 g/mol. The SMILES string of the molecule is C.C.C.C[Si]1(C)CCCCO1. The van der Waals surface area contributed by atoms with E-state index in [0.717, 1.165) is 6.61 Å². The van der Waals surface area contributed by atoms with E-state index in [1.54, 1.807) is 0 Å². The molecule has 0 bridgehead atoms. The van der Waals surface area contributed by atoms with Gasteiger partial charge in [0.15, 0.2) is 8.32 Å². The average molecular weight is 178 g/mol. The summed E-state index contributed by atoms with van der Waals surface area (Å²) in [7, 11) is -1.09. The van der Waals surface area contributed by atoms with Gasteiger partial charge >= 0.3 is 0 Å². The van der Waals surface area contributed by atoms with Crippen LogP contribution in [0.1, 0.15) is 35.1 Å². The van der Waals surface area contributed by atoms with E-state index in [-0.39, 0.29) is 22.3 Å². The number of hydrogen-bond donors (Lipinski definition) is 0. The van der Waals surface area contributed by atoms with Crippen molar-refractivity contribution in [1.29, 1.82) is 0 Å². The highest BCUT2D eigenvalue weighted by atomic mass is 28.4. The molecule has 0 aliphatic carbocycles. The largest absolute Gasteiger partial charge is 0.417 e. The quantitative estimate of drug-likeness (QED) is 0.511. The third-order valence-electron chi connectivity index (χ3n) is 1.67. The third-order valence-corrected chi connectivity index (χ3v) is 4.21. The fraction of sp³-hybridized carbons (Fsp3) is 1.00. The Morgan fingerprint density at radius 3 is 1.73 bits per heavy atom. The smallest absolute Gasteiger partial charge is 0.186 e. The van der Waals surface area contributed by atoms with Crippen molar-refractivity contribution in [2.45, 2.75) is 54.3 Å². The van der Waals surface area contributed by atoms with Gasteiger partial charge in [0.2, 0.25) is 0 Å². The summed E-state index contributed by atoms with van der Waals surface area (Å²) in [6, 6.07) is 1.37. The summed E-state index contributed by atoms with van der Waals surface area (Å²) >= 11 is 0. The summed E-state index contributed by atoms with van der Waals surface area (Å²) in [6.45, 7) is 5.62. The minimum atomic E-state index is -1.09. The van der Waals surface area contributed by atoms with E-state index >= 15 is 0 Å². The molecule has 0 spiro atoms. The molecule has 0 aromatic carbocycles. The number of rotatable bonds is 0. The van der Waals surface area contributed by atoms with E-state index in [0.29, 0.717) is 0 Å².